The monoisotopic (exact) mass is 247 g/mol. The van der Waals surface area contributed by atoms with Crippen LogP contribution in [0, 0.1) is 5.92 Å². The second kappa shape index (κ2) is 5.87. The highest BCUT2D eigenvalue weighted by molar-refractivity contribution is 5.75. The molecule has 0 spiro atoms. The normalized spacial score (nSPS) is 14.9. The molecule has 0 radical (unpaired) electrons. The van der Waals surface area contributed by atoms with Gasteiger partial charge in [0.1, 0.15) is 0 Å². The van der Waals surface area contributed by atoms with Gasteiger partial charge in [-0.05, 0) is 36.6 Å². The molecule has 1 fully saturated rings. The van der Waals surface area contributed by atoms with Gasteiger partial charge in [0.2, 0.25) is 5.91 Å². The molecule has 0 heterocycles. The highest BCUT2D eigenvalue weighted by Crippen LogP contribution is 2.32. The van der Waals surface area contributed by atoms with E-state index in [0.717, 1.165) is 36.7 Å². The van der Waals surface area contributed by atoms with E-state index in [1.807, 2.05) is 24.3 Å². The molecule has 1 aromatic carbocycles. The van der Waals surface area contributed by atoms with Crippen LogP contribution in [0.1, 0.15) is 24.8 Å². The summed E-state index contributed by atoms with van der Waals surface area (Å²) in [7, 11) is 0. The molecule has 18 heavy (non-hydrogen) atoms. The molecule has 0 aromatic heterocycles. The van der Waals surface area contributed by atoms with Crippen molar-refractivity contribution in [2.75, 3.05) is 18.8 Å². The van der Waals surface area contributed by atoms with Crippen LogP contribution in [-0.4, -0.2) is 23.9 Å². The molecule has 0 unspecified atom stereocenters. The number of primary amides is 1. The zero-order chi connectivity index (χ0) is 13.0. The lowest BCUT2D eigenvalue weighted by atomic mass is 10.1. The molecule has 98 valence electrons. The van der Waals surface area contributed by atoms with Crippen LogP contribution in [0.3, 0.4) is 0 Å². The van der Waals surface area contributed by atoms with Crippen molar-refractivity contribution < 1.29 is 4.79 Å². The van der Waals surface area contributed by atoms with Crippen LogP contribution in [-0.2, 0) is 11.3 Å². The van der Waals surface area contributed by atoms with E-state index < -0.39 is 0 Å². The number of nitrogens with two attached hydrogens (primary N) is 2. The Morgan fingerprint density at radius 1 is 1.39 bits per heavy atom. The highest BCUT2D eigenvalue weighted by atomic mass is 16.1. The molecule has 1 aliphatic rings. The number of rotatable bonds is 7. The maximum atomic E-state index is 11.1. The van der Waals surface area contributed by atoms with E-state index in [2.05, 4.69) is 4.90 Å². The summed E-state index contributed by atoms with van der Waals surface area (Å²) in [6.45, 7) is 1.99. The van der Waals surface area contributed by atoms with Crippen LogP contribution in [0.4, 0.5) is 5.69 Å². The van der Waals surface area contributed by atoms with E-state index in [1.54, 1.807) is 0 Å². The molecule has 1 saturated carbocycles. The lowest BCUT2D eigenvalue weighted by Crippen LogP contribution is -2.34. The largest absolute Gasteiger partial charge is 0.399 e. The van der Waals surface area contributed by atoms with Gasteiger partial charge in [-0.3, -0.25) is 9.69 Å². The van der Waals surface area contributed by atoms with Gasteiger partial charge in [0.15, 0.2) is 0 Å². The van der Waals surface area contributed by atoms with Crippen molar-refractivity contribution in [3.05, 3.63) is 29.8 Å². The van der Waals surface area contributed by atoms with Crippen LogP contribution >= 0.6 is 0 Å². The van der Waals surface area contributed by atoms with Gasteiger partial charge in [-0.15, -0.1) is 0 Å². The van der Waals surface area contributed by atoms with Crippen LogP contribution in [0.15, 0.2) is 24.3 Å². The van der Waals surface area contributed by atoms with Gasteiger partial charge in [-0.1, -0.05) is 25.0 Å². The average molecular weight is 247 g/mol. The van der Waals surface area contributed by atoms with Gasteiger partial charge in [-0.25, -0.2) is 0 Å². The third kappa shape index (κ3) is 4.37. The number of carbonyl (C=O) groups excluding carboxylic acids is 1. The van der Waals surface area contributed by atoms with Crippen molar-refractivity contribution in [3.8, 4) is 0 Å². The first-order chi connectivity index (χ1) is 8.63. The molecular formula is C14H21N3O. The Bertz CT molecular complexity index is 415. The number of nitrogens with zero attached hydrogens (tertiary/aromatic N) is 1. The number of nitrogen functional groups attached to an aromatic ring is 1. The SMILES string of the molecule is NC(=O)CN(CCC1CC1)Cc1cccc(N)c1. The lowest BCUT2D eigenvalue weighted by molar-refractivity contribution is -0.119. The topological polar surface area (TPSA) is 72.4 Å². The third-order valence-corrected chi connectivity index (χ3v) is 3.29. The van der Waals surface area contributed by atoms with E-state index in [4.69, 9.17) is 11.5 Å². The van der Waals surface area contributed by atoms with Crippen molar-refractivity contribution in [2.24, 2.45) is 11.7 Å². The first-order valence-corrected chi connectivity index (χ1v) is 6.48. The fourth-order valence-electron chi connectivity index (χ4n) is 2.16. The van der Waals surface area contributed by atoms with Gasteiger partial charge < -0.3 is 11.5 Å². The average Bonchev–Trinajstić information content (AvgIpc) is 3.09. The summed E-state index contributed by atoms with van der Waals surface area (Å²) in [5.41, 5.74) is 12.9. The van der Waals surface area contributed by atoms with Crippen LogP contribution < -0.4 is 11.5 Å². The van der Waals surface area contributed by atoms with Crippen molar-refractivity contribution >= 4 is 11.6 Å². The van der Waals surface area contributed by atoms with E-state index in [-0.39, 0.29) is 5.91 Å². The van der Waals surface area contributed by atoms with Gasteiger partial charge in [0, 0.05) is 12.2 Å². The number of anilines is 1. The summed E-state index contributed by atoms with van der Waals surface area (Å²) < 4.78 is 0. The summed E-state index contributed by atoms with van der Waals surface area (Å²) in [5, 5.41) is 0. The molecule has 1 amide bonds. The number of carbonyl (C=O) groups is 1. The molecule has 2 rings (SSSR count). The Kier molecular flexibility index (Phi) is 4.20. The minimum absolute atomic E-state index is 0.269. The number of hydrogen-bond donors (Lipinski definition) is 2. The van der Waals surface area contributed by atoms with Gasteiger partial charge in [0.05, 0.1) is 6.54 Å². The molecule has 0 bridgehead atoms. The fraction of sp³-hybridized carbons (Fsp3) is 0.500. The van der Waals surface area contributed by atoms with E-state index in [1.165, 1.54) is 12.8 Å². The maximum absolute atomic E-state index is 11.1. The number of benzene rings is 1. The van der Waals surface area contributed by atoms with E-state index in [0.29, 0.717) is 6.54 Å². The zero-order valence-corrected chi connectivity index (χ0v) is 10.6. The summed E-state index contributed by atoms with van der Waals surface area (Å²) in [4.78, 5) is 13.2. The smallest absolute Gasteiger partial charge is 0.231 e. The summed E-state index contributed by atoms with van der Waals surface area (Å²) in [5.74, 6) is 0.593. The first kappa shape index (κ1) is 12.9. The van der Waals surface area contributed by atoms with E-state index in [9.17, 15) is 4.79 Å². The van der Waals surface area contributed by atoms with Crippen LogP contribution in [0.2, 0.25) is 0 Å². The quantitative estimate of drug-likeness (QED) is 0.714. The van der Waals surface area contributed by atoms with Crippen LogP contribution in [0.5, 0.6) is 0 Å². The Hall–Kier alpha value is -1.55. The summed E-state index contributed by atoms with van der Waals surface area (Å²) >= 11 is 0. The molecule has 4 nitrogen and oxygen atoms in total. The second-order valence-electron chi connectivity index (χ2n) is 5.15. The maximum Gasteiger partial charge on any atom is 0.231 e. The minimum Gasteiger partial charge on any atom is -0.399 e. The Labute approximate surface area is 108 Å². The molecule has 1 aliphatic carbocycles. The summed E-state index contributed by atoms with van der Waals surface area (Å²) in [6, 6.07) is 7.78. The summed E-state index contributed by atoms with van der Waals surface area (Å²) in [6.07, 6.45) is 3.83. The van der Waals surface area contributed by atoms with E-state index >= 15 is 0 Å². The molecule has 0 aliphatic heterocycles. The molecule has 0 saturated heterocycles. The molecule has 0 atom stereocenters. The minimum atomic E-state index is -0.269. The molecule has 4 heteroatoms. The molecular weight excluding hydrogens is 226 g/mol. The van der Waals surface area contributed by atoms with Crippen LogP contribution in [0.25, 0.3) is 0 Å². The third-order valence-electron chi connectivity index (χ3n) is 3.29. The van der Waals surface area contributed by atoms with Gasteiger partial charge in [0.25, 0.3) is 0 Å². The van der Waals surface area contributed by atoms with Crippen molar-refractivity contribution in [2.45, 2.75) is 25.8 Å². The standard InChI is InChI=1S/C14H21N3O/c15-13-3-1-2-12(8-13)9-17(10-14(16)18)7-6-11-4-5-11/h1-3,8,11H,4-7,9-10,15H2,(H2,16,18). The molecule has 4 N–H and O–H groups in total. The first-order valence-electron chi connectivity index (χ1n) is 6.48. The predicted octanol–water partition coefficient (Wildman–Crippen LogP) is 1.36. The highest BCUT2D eigenvalue weighted by Gasteiger charge is 2.22. The zero-order valence-electron chi connectivity index (χ0n) is 10.6. The fourth-order valence-corrected chi connectivity index (χ4v) is 2.16. The predicted molar refractivity (Wildman–Crippen MR) is 72.7 cm³/mol. The Morgan fingerprint density at radius 2 is 2.17 bits per heavy atom. The number of amides is 1. The Balaban J connectivity index is 1.91. The lowest BCUT2D eigenvalue weighted by Gasteiger charge is -2.20. The number of hydrogen-bond acceptors (Lipinski definition) is 3. The Morgan fingerprint density at radius 3 is 2.78 bits per heavy atom. The second-order valence-corrected chi connectivity index (χ2v) is 5.15. The van der Waals surface area contributed by atoms with Gasteiger partial charge >= 0.3 is 0 Å². The van der Waals surface area contributed by atoms with Crippen molar-refractivity contribution in [1.29, 1.82) is 0 Å². The van der Waals surface area contributed by atoms with Crippen molar-refractivity contribution in [1.82, 2.24) is 4.90 Å². The molecule has 1 aromatic rings. The van der Waals surface area contributed by atoms with Crippen molar-refractivity contribution in [3.63, 3.8) is 0 Å². The van der Waals surface area contributed by atoms with Gasteiger partial charge in [-0.2, -0.15) is 0 Å².